The summed E-state index contributed by atoms with van der Waals surface area (Å²) < 4.78 is 0. The molecule has 1 fully saturated rings. The molecule has 0 bridgehead atoms. The second kappa shape index (κ2) is 4.74. The lowest BCUT2D eigenvalue weighted by molar-refractivity contribution is 0.0585. The number of nitrogens with two attached hydrogens (primary N) is 1. The molecule has 1 amide bonds. The molecule has 2 aromatic rings. The first-order chi connectivity index (χ1) is 9.91. The van der Waals surface area contributed by atoms with Crippen molar-refractivity contribution < 1.29 is 9.90 Å². The van der Waals surface area contributed by atoms with Crippen LogP contribution in [-0.4, -0.2) is 23.1 Å². The van der Waals surface area contributed by atoms with Crippen molar-refractivity contribution in [2.75, 3.05) is 0 Å². The van der Waals surface area contributed by atoms with Gasteiger partial charge in [0.05, 0.1) is 5.56 Å². The number of nitrogens with one attached hydrogen (secondary N) is 1. The van der Waals surface area contributed by atoms with E-state index in [4.69, 9.17) is 5.73 Å². The predicted molar refractivity (Wildman–Crippen MR) is 83.2 cm³/mol. The summed E-state index contributed by atoms with van der Waals surface area (Å²) in [6.07, 6.45) is 0.771. The van der Waals surface area contributed by atoms with Gasteiger partial charge < -0.3 is 16.2 Å². The Labute approximate surface area is 124 Å². The Bertz CT molecular complexity index is 709. The maximum Gasteiger partial charge on any atom is 0.255 e. The minimum atomic E-state index is -0.247. The van der Waals surface area contributed by atoms with Crippen molar-refractivity contribution in [3.8, 4) is 5.75 Å². The van der Waals surface area contributed by atoms with Crippen LogP contribution in [0.25, 0.3) is 10.8 Å². The lowest BCUT2D eigenvalue weighted by atomic mass is 9.63. The number of amides is 1. The normalized spacial score (nSPS) is 23.6. The molecule has 0 saturated heterocycles. The third kappa shape index (κ3) is 2.16. The molecule has 4 nitrogen and oxygen atoms in total. The molecule has 3 rings (SSSR count). The Balaban J connectivity index is 1.87. The number of phenolic OH excluding ortho intramolecular Hbond substituents is 1. The standard InChI is InChI=1S/C17H20N2O2/c1-17(2)13(18)9-14(17)19-16(21)12-8-7-10-5-3-4-6-11(10)15(12)20/h3-8,13-14,20H,9,18H2,1-2H3,(H,19,21). The molecule has 0 spiro atoms. The molecule has 1 aliphatic rings. The summed E-state index contributed by atoms with van der Waals surface area (Å²) in [5, 5.41) is 14.9. The first kappa shape index (κ1) is 13.9. The van der Waals surface area contributed by atoms with E-state index >= 15 is 0 Å². The molecule has 2 atom stereocenters. The smallest absolute Gasteiger partial charge is 0.255 e. The molecule has 4 N–H and O–H groups in total. The fraction of sp³-hybridized carbons (Fsp3) is 0.353. The average molecular weight is 284 g/mol. The highest BCUT2D eigenvalue weighted by atomic mass is 16.3. The zero-order valence-electron chi connectivity index (χ0n) is 12.3. The van der Waals surface area contributed by atoms with Gasteiger partial charge in [-0.2, -0.15) is 0 Å². The Morgan fingerprint density at radius 1 is 1.29 bits per heavy atom. The zero-order valence-corrected chi connectivity index (χ0v) is 12.3. The molecular weight excluding hydrogens is 264 g/mol. The zero-order chi connectivity index (χ0) is 15.2. The molecule has 0 aliphatic heterocycles. The number of rotatable bonds is 2. The summed E-state index contributed by atoms with van der Waals surface area (Å²) in [5.74, 6) is -0.213. The lowest BCUT2D eigenvalue weighted by Crippen LogP contribution is -2.64. The molecule has 0 aromatic heterocycles. The first-order valence-electron chi connectivity index (χ1n) is 7.18. The molecule has 2 unspecified atom stereocenters. The van der Waals surface area contributed by atoms with Crippen LogP contribution in [0.4, 0.5) is 0 Å². The van der Waals surface area contributed by atoms with E-state index in [1.54, 1.807) is 6.07 Å². The van der Waals surface area contributed by atoms with Crippen LogP contribution in [0.3, 0.4) is 0 Å². The van der Waals surface area contributed by atoms with Crippen molar-refractivity contribution in [1.82, 2.24) is 5.32 Å². The van der Waals surface area contributed by atoms with Gasteiger partial charge in [-0.25, -0.2) is 0 Å². The van der Waals surface area contributed by atoms with Crippen LogP contribution >= 0.6 is 0 Å². The predicted octanol–water partition coefficient (Wildman–Crippen LogP) is 2.40. The van der Waals surface area contributed by atoms with Gasteiger partial charge in [0.25, 0.3) is 5.91 Å². The third-order valence-electron chi connectivity index (χ3n) is 4.79. The molecule has 110 valence electrons. The summed E-state index contributed by atoms with van der Waals surface area (Å²) in [7, 11) is 0. The SMILES string of the molecule is CC1(C)C(N)CC1NC(=O)c1ccc2ccccc2c1O. The van der Waals surface area contributed by atoms with Crippen LogP contribution in [-0.2, 0) is 0 Å². The van der Waals surface area contributed by atoms with Gasteiger partial charge in [-0.05, 0) is 17.9 Å². The molecular formula is C17H20N2O2. The Hall–Kier alpha value is -2.07. The second-order valence-electron chi connectivity index (χ2n) is 6.37. The largest absolute Gasteiger partial charge is 0.506 e. The summed E-state index contributed by atoms with van der Waals surface area (Å²) in [6, 6.07) is 11.1. The summed E-state index contributed by atoms with van der Waals surface area (Å²) in [4.78, 5) is 12.4. The Morgan fingerprint density at radius 3 is 2.67 bits per heavy atom. The Kier molecular flexibility index (Phi) is 3.14. The van der Waals surface area contributed by atoms with Gasteiger partial charge in [0.15, 0.2) is 0 Å². The van der Waals surface area contributed by atoms with E-state index in [1.165, 1.54) is 0 Å². The number of benzene rings is 2. The van der Waals surface area contributed by atoms with Crippen LogP contribution in [0.5, 0.6) is 5.75 Å². The fourth-order valence-electron chi connectivity index (χ4n) is 2.88. The molecule has 1 aliphatic carbocycles. The topological polar surface area (TPSA) is 75.3 Å². The minimum Gasteiger partial charge on any atom is -0.506 e. The van der Waals surface area contributed by atoms with Crippen LogP contribution in [0, 0.1) is 5.41 Å². The van der Waals surface area contributed by atoms with Crippen molar-refractivity contribution in [3.05, 3.63) is 42.0 Å². The molecule has 1 saturated carbocycles. The van der Waals surface area contributed by atoms with Crippen LogP contribution in [0.1, 0.15) is 30.6 Å². The number of hydrogen-bond acceptors (Lipinski definition) is 3. The van der Waals surface area contributed by atoms with E-state index < -0.39 is 0 Å². The lowest BCUT2D eigenvalue weighted by Gasteiger charge is -2.50. The number of carbonyl (C=O) groups is 1. The van der Waals surface area contributed by atoms with Crippen molar-refractivity contribution in [1.29, 1.82) is 0 Å². The third-order valence-corrected chi connectivity index (χ3v) is 4.79. The van der Waals surface area contributed by atoms with Crippen molar-refractivity contribution in [3.63, 3.8) is 0 Å². The summed E-state index contributed by atoms with van der Waals surface area (Å²) in [6.45, 7) is 4.10. The first-order valence-corrected chi connectivity index (χ1v) is 7.18. The molecule has 2 aromatic carbocycles. The van der Waals surface area contributed by atoms with Crippen LogP contribution < -0.4 is 11.1 Å². The number of hydrogen-bond donors (Lipinski definition) is 3. The van der Waals surface area contributed by atoms with Gasteiger partial charge in [-0.3, -0.25) is 4.79 Å². The maximum atomic E-state index is 12.4. The number of carbonyl (C=O) groups excluding carboxylic acids is 1. The van der Waals surface area contributed by atoms with E-state index in [1.807, 2.05) is 44.2 Å². The van der Waals surface area contributed by atoms with Gasteiger partial charge in [-0.1, -0.05) is 44.2 Å². The fourth-order valence-corrected chi connectivity index (χ4v) is 2.88. The summed E-state index contributed by atoms with van der Waals surface area (Å²) in [5.41, 5.74) is 6.17. The van der Waals surface area contributed by atoms with E-state index in [-0.39, 0.29) is 29.2 Å². The van der Waals surface area contributed by atoms with Crippen molar-refractivity contribution in [2.45, 2.75) is 32.4 Å². The second-order valence-corrected chi connectivity index (χ2v) is 6.37. The molecule has 0 heterocycles. The van der Waals surface area contributed by atoms with Gasteiger partial charge in [0, 0.05) is 22.9 Å². The Morgan fingerprint density at radius 2 is 2.00 bits per heavy atom. The van der Waals surface area contributed by atoms with Gasteiger partial charge in [-0.15, -0.1) is 0 Å². The monoisotopic (exact) mass is 284 g/mol. The highest BCUT2D eigenvalue weighted by Gasteiger charge is 2.46. The number of fused-ring (bicyclic) bond motifs is 1. The highest BCUT2D eigenvalue weighted by molar-refractivity contribution is 6.03. The number of aromatic hydroxyl groups is 1. The van der Waals surface area contributed by atoms with Gasteiger partial charge in [0.1, 0.15) is 5.75 Å². The average Bonchev–Trinajstić information content (AvgIpc) is 2.47. The van der Waals surface area contributed by atoms with Crippen molar-refractivity contribution in [2.24, 2.45) is 11.1 Å². The van der Waals surface area contributed by atoms with E-state index in [0.717, 1.165) is 11.8 Å². The minimum absolute atomic E-state index is 0.0343. The van der Waals surface area contributed by atoms with Gasteiger partial charge >= 0.3 is 0 Å². The van der Waals surface area contributed by atoms with E-state index in [0.29, 0.717) is 10.9 Å². The molecule has 4 heteroatoms. The number of phenols is 1. The van der Waals surface area contributed by atoms with Gasteiger partial charge in [0.2, 0.25) is 0 Å². The quantitative estimate of drug-likeness (QED) is 0.792. The summed E-state index contributed by atoms with van der Waals surface area (Å²) >= 11 is 0. The van der Waals surface area contributed by atoms with E-state index in [9.17, 15) is 9.90 Å². The highest BCUT2D eigenvalue weighted by Crippen LogP contribution is 2.39. The molecule has 21 heavy (non-hydrogen) atoms. The maximum absolute atomic E-state index is 12.4. The molecule has 0 radical (unpaired) electrons. The van der Waals surface area contributed by atoms with Crippen LogP contribution in [0.2, 0.25) is 0 Å². The van der Waals surface area contributed by atoms with Crippen molar-refractivity contribution >= 4 is 16.7 Å². The van der Waals surface area contributed by atoms with Crippen LogP contribution in [0.15, 0.2) is 36.4 Å². The van der Waals surface area contributed by atoms with E-state index in [2.05, 4.69) is 5.32 Å².